The minimum Gasteiger partial charge on any atom is -0.496 e. The van der Waals surface area contributed by atoms with E-state index in [4.69, 9.17) is 30.5 Å². The van der Waals surface area contributed by atoms with Gasteiger partial charge in [-0.3, -0.25) is 25.2 Å². The van der Waals surface area contributed by atoms with Gasteiger partial charge < -0.3 is 24.3 Å². The number of anilines is 1. The Morgan fingerprint density at radius 1 is 0.667 bits per heavy atom. The van der Waals surface area contributed by atoms with Crippen molar-refractivity contribution < 1.29 is 33.3 Å². The van der Waals surface area contributed by atoms with Gasteiger partial charge in [-0.1, -0.05) is 17.7 Å². The molecule has 10 nitrogen and oxygen atoms in total. The van der Waals surface area contributed by atoms with Gasteiger partial charge in [0.15, 0.2) is 11.5 Å². The Labute approximate surface area is 212 Å². The standard InChI is InChI=1S/C25H24ClN3O7/c1-33-19-9-8-16(26)13-18(19)25(32)29-28-24(31)14-6-5-7-17(10-14)27-23(30)15-11-20(34-2)22(36-4)21(12-15)35-3/h5-13H,1-4H3,(H,27,30)(H,28,31)(H,29,32). The first-order valence-electron chi connectivity index (χ1n) is 10.5. The molecule has 0 aliphatic carbocycles. The summed E-state index contributed by atoms with van der Waals surface area (Å²) in [5.74, 6) is -0.393. The second-order valence-corrected chi connectivity index (χ2v) is 7.64. The molecular weight excluding hydrogens is 490 g/mol. The van der Waals surface area contributed by atoms with Crippen LogP contribution in [0.15, 0.2) is 54.6 Å². The van der Waals surface area contributed by atoms with Gasteiger partial charge in [-0.05, 0) is 48.5 Å². The van der Waals surface area contributed by atoms with Crippen molar-refractivity contribution in [2.45, 2.75) is 0 Å². The molecule has 0 heterocycles. The highest BCUT2D eigenvalue weighted by Gasteiger charge is 2.18. The summed E-state index contributed by atoms with van der Waals surface area (Å²) in [7, 11) is 5.77. The first kappa shape index (κ1) is 26.2. The molecule has 0 atom stereocenters. The van der Waals surface area contributed by atoms with E-state index < -0.39 is 17.7 Å². The van der Waals surface area contributed by atoms with Gasteiger partial charge in [0.1, 0.15) is 5.75 Å². The van der Waals surface area contributed by atoms with Crippen molar-refractivity contribution in [1.29, 1.82) is 0 Å². The lowest BCUT2D eigenvalue weighted by molar-refractivity contribution is 0.0845. The molecule has 3 amide bonds. The number of ether oxygens (including phenoxy) is 4. The third kappa shape index (κ3) is 5.97. The third-order valence-electron chi connectivity index (χ3n) is 5.01. The average molecular weight is 514 g/mol. The van der Waals surface area contributed by atoms with Gasteiger partial charge in [0.05, 0.1) is 34.0 Å². The van der Waals surface area contributed by atoms with Crippen molar-refractivity contribution in [2.75, 3.05) is 33.8 Å². The smallest absolute Gasteiger partial charge is 0.273 e. The summed E-state index contributed by atoms with van der Waals surface area (Å²) >= 11 is 5.95. The first-order valence-corrected chi connectivity index (χ1v) is 10.8. The highest BCUT2D eigenvalue weighted by atomic mass is 35.5. The van der Waals surface area contributed by atoms with E-state index in [1.165, 1.54) is 58.8 Å². The molecule has 3 rings (SSSR count). The highest BCUT2D eigenvalue weighted by Crippen LogP contribution is 2.38. The normalized spacial score (nSPS) is 10.1. The fourth-order valence-electron chi connectivity index (χ4n) is 3.26. The van der Waals surface area contributed by atoms with Gasteiger partial charge in [-0.15, -0.1) is 0 Å². The van der Waals surface area contributed by atoms with E-state index in [0.717, 1.165) is 0 Å². The van der Waals surface area contributed by atoms with E-state index in [2.05, 4.69) is 16.2 Å². The Bertz CT molecular complexity index is 1270. The molecule has 0 aliphatic heterocycles. The molecule has 3 aromatic carbocycles. The summed E-state index contributed by atoms with van der Waals surface area (Å²) in [6, 6.07) is 13.7. The maximum Gasteiger partial charge on any atom is 0.273 e. The number of amides is 3. The number of hydrazine groups is 1. The summed E-state index contributed by atoms with van der Waals surface area (Å²) in [6.07, 6.45) is 0. The van der Waals surface area contributed by atoms with Gasteiger partial charge >= 0.3 is 0 Å². The van der Waals surface area contributed by atoms with Crippen LogP contribution in [-0.2, 0) is 0 Å². The van der Waals surface area contributed by atoms with Crippen LogP contribution >= 0.6 is 11.6 Å². The molecule has 36 heavy (non-hydrogen) atoms. The molecule has 0 aliphatic rings. The van der Waals surface area contributed by atoms with Gasteiger partial charge in [-0.25, -0.2) is 0 Å². The molecular formula is C25H24ClN3O7. The van der Waals surface area contributed by atoms with Crippen LogP contribution in [0.5, 0.6) is 23.0 Å². The van der Waals surface area contributed by atoms with E-state index in [1.54, 1.807) is 24.3 Å². The topological polar surface area (TPSA) is 124 Å². The molecule has 0 bridgehead atoms. The van der Waals surface area contributed by atoms with E-state index >= 15 is 0 Å². The van der Waals surface area contributed by atoms with Gasteiger partial charge in [-0.2, -0.15) is 0 Å². The van der Waals surface area contributed by atoms with Crippen LogP contribution in [-0.4, -0.2) is 46.2 Å². The summed E-state index contributed by atoms with van der Waals surface area (Å²) in [6.45, 7) is 0. The number of benzene rings is 3. The van der Waals surface area contributed by atoms with Gasteiger partial charge in [0, 0.05) is 21.8 Å². The molecule has 0 saturated carbocycles. The van der Waals surface area contributed by atoms with Crippen LogP contribution in [0, 0.1) is 0 Å². The molecule has 0 radical (unpaired) electrons. The summed E-state index contributed by atoms with van der Waals surface area (Å²) < 4.78 is 21.0. The Morgan fingerprint density at radius 3 is 1.92 bits per heavy atom. The molecule has 188 valence electrons. The number of hydrogen-bond acceptors (Lipinski definition) is 7. The predicted octanol–water partition coefficient (Wildman–Crippen LogP) is 3.70. The molecule has 0 saturated heterocycles. The van der Waals surface area contributed by atoms with E-state index in [-0.39, 0.29) is 16.7 Å². The number of carbonyl (C=O) groups excluding carboxylic acids is 3. The minimum atomic E-state index is -0.616. The lowest BCUT2D eigenvalue weighted by atomic mass is 10.1. The van der Waals surface area contributed by atoms with Crippen LogP contribution in [0.25, 0.3) is 0 Å². The second kappa shape index (κ2) is 11.8. The molecule has 3 N–H and O–H groups in total. The fourth-order valence-corrected chi connectivity index (χ4v) is 3.44. The zero-order valence-corrected chi connectivity index (χ0v) is 20.7. The zero-order valence-electron chi connectivity index (χ0n) is 19.9. The number of rotatable bonds is 8. The lowest BCUT2D eigenvalue weighted by Crippen LogP contribution is -2.41. The van der Waals surface area contributed by atoms with Crippen molar-refractivity contribution in [3.63, 3.8) is 0 Å². The third-order valence-corrected chi connectivity index (χ3v) is 5.24. The Morgan fingerprint density at radius 2 is 1.31 bits per heavy atom. The summed E-state index contributed by atoms with van der Waals surface area (Å²) in [5, 5.41) is 3.05. The van der Waals surface area contributed by atoms with Crippen LogP contribution in [0.1, 0.15) is 31.1 Å². The largest absolute Gasteiger partial charge is 0.496 e. The van der Waals surface area contributed by atoms with Crippen molar-refractivity contribution in [1.82, 2.24) is 10.9 Å². The highest BCUT2D eigenvalue weighted by molar-refractivity contribution is 6.31. The molecule has 0 unspecified atom stereocenters. The Balaban J connectivity index is 1.71. The molecule has 0 aromatic heterocycles. The van der Waals surface area contributed by atoms with Gasteiger partial charge in [0.2, 0.25) is 5.75 Å². The van der Waals surface area contributed by atoms with Crippen molar-refractivity contribution in [3.05, 3.63) is 76.3 Å². The summed E-state index contributed by atoms with van der Waals surface area (Å²) in [5.41, 5.74) is 5.59. The monoisotopic (exact) mass is 513 g/mol. The zero-order chi connectivity index (χ0) is 26.2. The van der Waals surface area contributed by atoms with Gasteiger partial charge in [0.25, 0.3) is 17.7 Å². The molecule has 0 spiro atoms. The molecule has 0 fully saturated rings. The first-order chi connectivity index (χ1) is 17.3. The van der Waals surface area contributed by atoms with E-state index in [9.17, 15) is 14.4 Å². The van der Waals surface area contributed by atoms with Crippen LogP contribution in [0.4, 0.5) is 5.69 Å². The summed E-state index contributed by atoms with van der Waals surface area (Å²) in [4.78, 5) is 37.9. The number of halogens is 1. The number of nitrogens with one attached hydrogen (secondary N) is 3. The minimum absolute atomic E-state index is 0.150. The number of carbonyl (C=O) groups is 3. The lowest BCUT2D eigenvalue weighted by Gasteiger charge is -2.14. The quantitative estimate of drug-likeness (QED) is 0.392. The molecule has 3 aromatic rings. The van der Waals surface area contributed by atoms with E-state index in [1.807, 2.05) is 0 Å². The predicted molar refractivity (Wildman–Crippen MR) is 133 cm³/mol. The van der Waals surface area contributed by atoms with Crippen LogP contribution in [0.3, 0.4) is 0 Å². The Hall–Kier alpha value is -4.44. The van der Waals surface area contributed by atoms with E-state index in [0.29, 0.717) is 33.7 Å². The van der Waals surface area contributed by atoms with Crippen molar-refractivity contribution in [3.8, 4) is 23.0 Å². The van der Waals surface area contributed by atoms with Crippen LogP contribution in [0.2, 0.25) is 5.02 Å². The second-order valence-electron chi connectivity index (χ2n) is 7.20. The Kier molecular flexibility index (Phi) is 8.58. The average Bonchev–Trinajstić information content (AvgIpc) is 2.90. The van der Waals surface area contributed by atoms with Crippen molar-refractivity contribution >= 4 is 35.0 Å². The van der Waals surface area contributed by atoms with Crippen molar-refractivity contribution in [2.24, 2.45) is 0 Å². The fraction of sp³-hybridized carbons (Fsp3) is 0.160. The number of methoxy groups -OCH3 is 4. The SMILES string of the molecule is COc1ccc(Cl)cc1C(=O)NNC(=O)c1cccc(NC(=O)c2cc(OC)c(OC)c(OC)c2)c1. The number of hydrogen-bond donors (Lipinski definition) is 3. The maximum atomic E-state index is 12.8. The maximum absolute atomic E-state index is 12.8. The molecule has 11 heteroatoms. The van der Waals surface area contributed by atoms with Crippen LogP contribution < -0.4 is 35.1 Å².